The number of nitrogens with one attached hydrogen (secondary N) is 4. The monoisotopic (exact) mass is 1360 g/mol. The number of aliphatic hydroxyl groups excluding tert-OH is 2. The Bertz CT molecular complexity index is 3450. The molecule has 0 saturated carbocycles. The summed E-state index contributed by atoms with van der Waals surface area (Å²) in [4.78, 5) is 86.8. The van der Waals surface area contributed by atoms with E-state index in [1.165, 1.54) is 76.0 Å². The van der Waals surface area contributed by atoms with Crippen LogP contribution < -0.4 is 21.9 Å². The molecule has 4 aromatic carbocycles. The number of anilines is 4. The first-order chi connectivity index (χ1) is 43.0. The zero-order chi connectivity index (χ0) is 63.5. The predicted octanol–water partition coefficient (Wildman–Crippen LogP) is 4.28. The van der Waals surface area contributed by atoms with Gasteiger partial charge in [0.2, 0.25) is 0 Å². The van der Waals surface area contributed by atoms with Gasteiger partial charge in [-0.3, -0.25) is 19.4 Å². The number of aliphatic hydroxyl groups is 2. The van der Waals surface area contributed by atoms with Crippen LogP contribution in [-0.2, 0) is 83.8 Å². The Labute approximate surface area is 537 Å². The van der Waals surface area contributed by atoms with Crippen molar-refractivity contribution >= 4 is 67.9 Å². The van der Waals surface area contributed by atoms with Crippen molar-refractivity contribution in [2.75, 3.05) is 64.6 Å². The van der Waals surface area contributed by atoms with E-state index in [1.807, 2.05) is 91.1 Å². The number of hydrogen-bond donors (Lipinski definition) is 6. The van der Waals surface area contributed by atoms with Crippen LogP contribution >= 0.6 is 0 Å². The molecule has 12 aromatic rings. The van der Waals surface area contributed by atoms with Gasteiger partial charge in [0.25, 0.3) is 0 Å². The van der Waals surface area contributed by atoms with Crippen molar-refractivity contribution in [3.05, 3.63) is 225 Å². The topological polar surface area (TPSA) is 498 Å². The van der Waals surface area contributed by atoms with Gasteiger partial charge in [-0.1, -0.05) is 121 Å². The second-order valence-electron chi connectivity index (χ2n) is 16.7. The smallest absolute Gasteiger partial charge is 0.457 e. The van der Waals surface area contributed by atoms with E-state index in [1.54, 1.807) is 25.3 Å². The van der Waals surface area contributed by atoms with Crippen LogP contribution in [0.1, 0.15) is 22.3 Å². The normalized spacial score (nSPS) is 9.67. The molecule has 0 saturated heterocycles. The van der Waals surface area contributed by atoms with Crippen molar-refractivity contribution in [3.63, 3.8) is 0 Å². The van der Waals surface area contributed by atoms with Crippen molar-refractivity contribution < 1.29 is 78.0 Å². The molecular weight excluding hydrogens is 1290 g/mol. The second kappa shape index (κ2) is 42.2. The van der Waals surface area contributed by atoms with Gasteiger partial charge in [0.1, 0.15) is 25.3 Å². The van der Waals surface area contributed by atoms with Crippen LogP contribution in [0.25, 0.3) is 44.7 Å². The quantitative estimate of drug-likeness (QED) is 0.0340. The van der Waals surface area contributed by atoms with E-state index in [0.29, 0.717) is 45.3 Å². The van der Waals surface area contributed by atoms with Gasteiger partial charge in [-0.05, 0) is 22.3 Å². The number of hydrogen-bond acceptors (Lipinski definition) is 28. The van der Waals surface area contributed by atoms with Crippen molar-refractivity contribution in [1.29, 1.82) is 0 Å². The number of aromatic nitrogens is 16. The summed E-state index contributed by atoms with van der Waals surface area (Å²) in [5, 5.41) is 43.5. The Hall–Kier alpha value is -10.7. The van der Waals surface area contributed by atoms with Gasteiger partial charge >= 0.3 is 27.3 Å². The van der Waals surface area contributed by atoms with Gasteiger partial charge < -0.3 is 70.1 Å². The summed E-state index contributed by atoms with van der Waals surface area (Å²) < 4.78 is 7.92. The average Bonchev–Trinajstić information content (AvgIpc) is 2.06. The largest absolute Gasteiger partial charge is 2.00 e. The molecule has 0 bridgehead atoms. The van der Waals surface area contributed by atoms with Crippen LogP contribution in [0.5, 0.6) is 0 Å². The minimum Gasteiger partial charge on any atom is -0.457 e. The van der Waals surface area contributed by atoms with Gasteiger partial charge in [-0.2, -0.15) is 0 Å². The Balaban J connectivity index is 0.000000386. The number of imidazole rings is 4. The Morgan fingerprint density at radius 2 is 0.527 bits per heavy atom. The summed E-state index contributed by atoms with van der Waals surface area (Å²) in [5.41, 5.74) is 21.5. The van der Waals surface area contributed by atoms with E-state index in [9.17, 15) is 0 Å². The third kappa shape index (κ3) is 23.7. The second-order valence-corrected chi connectivity index (χ2v) is 16.7. The predicted molar refractivity (Wildman–Crippen MR) is 333 cm³/mol. The molecule has 0 spiro atoms. The van der Waals surface area contributed by atoms with Crippen LogP contribution in [0.3, 0.4) is 0 Å². The zero-order valence-corrected chi connectivity index (χ0v) is 53.9. The maximum atomic E-state index is 8.25. The van der Waals surface area contributed by atoms with Crippen LogP contribution in [0, 0.1) is 30.6 Å². The first-order valence-corrected chi connectivity index (χ1v) is 25.5. The molecule has 0 aliphatic heterocycles. The molecule has 91 heavy (non-hydrogen) atoms. The van der Waals surface area contributed by atoms with Crippen molar-refractivity contribution in [3.8, 4) is 0 Å². The van der Waals surface area contributed by atoms with Crippen molar-refractivity contribution in [2.24, 2.45) is 0 Å². The fraction of sp³-hybridized carbons (Fsp3) is 0.185. The molecule has 0 radical (unpaired) electrons. The number of nitrogens with zero attached hydrogens (tertiary/aromatic N) is 18. The third-order valence-electron chi connectivity index (χ3n) is 11.2. The standard InChI is InChI=1S/4C13H13N5O.2CH4O.Cd.2NO3.2H2O/c4*1-19-17-12-11-13(15-8-14-12)18(9-16-11)7-10-5-3-2-4-6-10;2*1-2;;2*2-1(3)4;;/h4*2-6,8-9H,7H2,1H3,(H,14,15,17);2*2H,1H3;;;;2*1H2/q;;;;;;+2;2*-1;;/p+2. The molecule has 0 amide bonds. The Kier molecular flexibility index (Phi) is 35.4. The number of benzene rings is 4. The van der Waals surface area contributed by atoms with Crippen LogP contribution in [-0.4, -0.2) is 141 Å². The van der Waals surface area contributed by atoms with Crippen LogP contribution in [0.4, 0.5) is 23.3 Å². The van der Waals surface area contributed by atoms with Gasteiger partial charge in [-0.25, -0.2) is 81.7 Å². The Morgan fingerprint density at radius 1 is 0.352 bits per heavy atom. The molecule has 8 heterocycles. The van der Waals surface area contributed by atoms with Crippen molar-refractivity contribution in [2.45, 2.75) is 26.2 Å². The van der Waals surface area contributed by atoms with Gasteiger partial charge in [-0.15, -0.1) is 0 Å². The maximum Gasteiger partial charge on any atom is 2.00 e. The van der Waals surface area contributed by atoms with E-state index >= 15 is 0 Å². The minimum absolute atomic E-state index is 0. The van der Waals surface area contributed by atoms with E-state index in [2.05, 4.69) is 130 Å². The van der Waals surface area contributed by atoms with E-state index in [0.717, 1.165) is 63.0 Å². The van der Waals surface area contributed by atoms with E-state index in [-0.39, 0.29) is 38.3 Å². The molecule has 0 aliphatic carbocycles. The van der Waals surface area contributed by atoms with Gasteiger partial charge in [0, 0.05) is 14.2 Å². The fourth-order valence-electron chi connectivity index (χ4n) is 7.79. The molecule has 12 rings (SSSR count). The molecule has 0 fully saturated rings. The minimum atomic E-state index is -1.75. The summed E-state index contributed by atoms with van der Waals surface area (Å²) in [6.45, 7) is 2.89. The Morgan fingerprint density at radius 3 is 0.692 bits per heavy atom. The van der Waals surface area contributed by atoms with E-state index < -0.39 is 10.2 Å². The summed E-state index contributed by atoms with van der Waals surface area (Å²) in [6, 6.07) is 40.7. The zero-order valence-electron chi connectivity index (χ0n) is 49.9. The van der Waals surface area contributed by atoms with Gasteiger partial charge in [0.15, 0.2) is 67.9 Å². The number of rotatable bonds is 16. The molecule has 476 valence electrons. The van der Waals surface area contributed by atoms with Crippen molar-refractivity contribution in [1.82, 2.24) is 78.1 Å². The van der Waals surface area contributed by atoms with Crippen LogP contribution in [0.2, 0.25) is 0 Å². The molecule has 37 heteroatoms. The van der Waals surface area contributed by atoms with Gasteiger partial charge in [0.05, 0.1) is 90.1 Å². The maximum absolute atomic E-state index is 8.25. The summed E-state index contributed by atoms with van der Waals surface area (Å²) in [6.07, 6.45) is 13.0. The first-order valence-electron chi connectivity index (χ1n) is 25.5. The average molecular weight is 1360 g/mol. The van der Waals surface area contributed by atoms with Crippen LogP contribution in [0.15, 0.2) is 172 Å². The first kappa shape index (κ1) is 76.4. The van der Waals surface area contributed by atoms with E-state index in [4.69, 9.17) is 60.2 Å². The number of fused-ring (bicyclic) bond motifs is 4. The molecular formula is C54H66CdN22O14+2. The molecule has 36 nitrogen and oxygen atoms in total. The SMILES string of the molecule is CO.CO.CONc1ncnc2c1ncn2Cc1ccccc1.CONc1ncnc2c1ncn2Cc1ccccc1.CONc1ncnc2c1ncn2Cc1ccccc1.CONc1ncnc2c1ncn2Cc1ccccc1.O=[N+]([O-])[O-].O=[N+]([O-])[O-].[Cd+2].[OH3+].[OH3+]. The fourth-order valence-corrected chi connectivity index (χ4v) is 7.79. The molecule has 0 aliphatic rings. The summed E-state index contributed by atoms with van der Waals surface area (Å²) in [7, 11) is 8.15. The molecule has 8 aromatic heterocycles. The molecule has 0 unspecified atom stereocenters. The molecule has 12 N–H and O–H groups in total. The third-order valence-corrected chi connectivity index (χ3v) is 11.2. The molecule has 0 atom stereocenters. The summed E-state index contributed by atoms with van der Waals surface area (Å²) >= 11 is 0. The summed E-state index contributed by atoms with van der Waals surface area (Å²) in [5.74, 6) is 2.28.